The second-order valence-electron chi connectivity index (χ2n) is 5.68. The summed E-state index contributed by atoms with van der Waals surface area (Å²) in [4.78, 5) is 12.3. The van der Waals surface area contributed by atoms with Gasteiger partial charge in [0, 0.05) is 18.8 Å². The average Bonchev–Trinajstić information content (AvgIpc) is 2.86. The highest BCUT2D eigenvalue weighted by Crippen LogP contribution is 2.28. The van der Waals surface area contributed by atoms with Crippen molar-refractivity contribution in [3.8, 4) is 0 Å². The molecule has 20 heavy (non-hydrogen) atoms. The third-order valence-corrected chi connectivity index (χ3v) is 4.30. The van der Waals surface area contributed by atoms with Gasteiger partial charge in [0.25, 0.3) is 5.91 Å². The van der Waals surface area contributed by atoms with Crippen LogP contribution in [0.1, 0.15) is 62.9 Å². The molecule has 0 aliphatic heterocycles. The summed E-state index contributed by atoms with van der Waals surface area (Å²) < 4.78 is 1.70. The molecule has 1 fully saturated rings. The molecule has 1 saturated carbocycles. The molecule has 5 nitrogen and oxygen atoms in total. The number of aromatic nitrogens is 2. The van der Waals surface area contributed by atoms with Crippen LogP contribution in [0.4, 0.5) is 5.69 Å². The van der Waals surface area contributed by atoms with Crippen LogP contribution in [0.3, 0.4) is 0 Å². The molecule has 0 saturated heterocycles. The lowest BCUT2D eigenvalue weighted by Crippen LogP contribution is -2.41. The maximum absolute atomic E-state index is 12.3. The van der Waals surface area contributed by atoms with Crippen LogP contribution in [0.2, 0.25) is 0 Å². The molecule has 0 radical (unpaired) electrons. The van der Waals surface area contributed by atoms with Crippen molar-refractivity contribution in [2.45, 2.75) is 65.0 Å². The number of nitrogens with two attached hydrogens (primary N) is 1. The van der Waals surface area contributed by atoms with E-state index in [1.165, 1.54) is 32.1 Å². The van der Waals surface area contributed by atoms with Crippen molar-refractivity contribution >= 4 is 11.6 Å². The van der Waals surface area contributed by atoms with Gasteiger partial charge in [-0.15, -0.1) is 0 Å². The van der Waals surface area contributed by atoms with E-state index >= 15 is 0 Å². The third kappa shape index (κ3) is 3.32. The molecule has 1 aromatic rings. The first-order valence-corrected chi connectivity index (χ1v) is 7.79. The molecule has 1 unspecified atom stereocenters. The largest absolute Gasteiger partial charge is 0.396 e. The molecule has 1 heterocycles. The summed E-state index contributed by atoms with van der Waals surface area (Å²) in [6.07, 6.45) is 9.01. The zero-order valence-electron chi connectivity index (χ0n) is 12.6. The Kier molecular flexibility index (Phi) is 5.04. The van der Waals surface area contributed by atoms with E-state index in [-0.39, 0.29) is 11.9 Å². The number of hydrogen-bond donors (Lipinski definition) is 2. The number of nitrogens with one attached hydrogen (secondary N) is 1. The Morgan fingerprint density at radius 2 is 2.15 bits per heavy atom. The summed E-state index contributed by atoms with van der Waals surface area (Å²) in [7, 11) is 0. The first-order chi connectivity index (χ1) is 9.65. The minimum atomic E-state index is -0.132. The molecule has 1 atom stereocenters. The van der Waals surface area contributed by atoms with Crippen LogP contribution in [-0.4, -0.2) is 21.7 Å². The summed E-state index contributed by atoms with van der Waals surface area (Å²) in [5.41, 5.74) is 6.69. The van der Waals surface area contributed by atoms with Gasteiger partial charge in [0.2, 0.25) is 0 Å². The minimum Gasteiger partial charge on any atom is -0.396 e. The second kappa shape index (κ2) is 6.77. The molecule has 0 bridgehead atoms. The van der Waals surface area contributed by atoms with Gasteiger partial charge >= 0.3 is 0 Å². The van der Waals surface area contributed by atoms with Crippen molar-refractivity contribution in [3.05, 3.63) is 11.9 Å². The monoisotopic (exact) mass is 278 g/mol. The molecular weight excluding hydrogens is 252 g/mol. The lowest BCUT2D eigenvalue weighted by molar-refractivity contribution is 0.0906. The SMILES string of the molecule is CCC(NC(=O)c1nn(CC)cc1N)C1CCCCC1. The van der Waals surface area contributed by atoms with Crippen molar-refractivity contribution in [1.29, 1.82) is 0 Å². The molecule has 3 N–H and O–H groups in total. The summed E-state index contributed by atoms with van der Waals surface area (Å²) >= 11 is 0. The normalized spacial score (nSPS) is 17.9. The molecule has 1 aliphatic rings. The van der Waals surface area contributed by atoms with Crippen LogP contribution < -0.4 is 11.1 Å². The van der Waals surface area contributed by atoms with Crippen molar-refractivity contribution in [1.82, 2.24) is 15.1 Å². The van der Waals surface area contributed by atoms with Crippen molar-refractivity contribution < 1.29 is 4.79 Å². The van der Waals surface area contributed by atoms with E-state index in [0.717, 1.165) is 13.0 Å². The van der Waals surface area contributed by atoms with Crippen molar-refractivity contribution in [2.75, 3.05) is 5.73 Å². The highest BCUT2D eigenvalue weighted by molar-refractivity contribution is 5.97. The molecule has 0 spiro atoms. The summed E-state index contributed by atoms with van der Waals surface area (Å²) in [5, 5.41) is 7.38. The van der Waals surface area contributed by atoms with Gasteiger partial charge in [-0.2, -0.15) is 5.10 Å². The van der Waals surface area contributed by atoms with Crippen LogP contribution in [0.15, 0.2) is 6.20 Å². The summed E-state index contributed by atoms with van der Waals surface area (Å²) in [5.74, 6) is 0.472. The lowest BCUT2D eigenvalue weighted by atomic mass is 9.83. The van der Waals surface area contributed by atoms with Crippen LogP contribution in [0.25, 0.3) is 0 Å². The molecule has 2 rings (SSSR count). The number of nitrogens with zero attached hydrogens (tertiary/aromatic N) is 2. The van der Waals surface area contributed by atoms with Gasteiger partial charge in [-0.3, -0.25) is 9.48 Å². The predicted octanol–water partition coefficient (Wildman–Crippen LogP) is 2.57. The van der Waals surface area contributed by atoms with E-state index in [1.54, 1.807) is 10.9 Å². The number of carbonyl (C=O) groups excluding carboxylic acids is 1. The summed E-state index contributed by atoms with van der Waals surface area (Å²) in [6, 6.07) is 0.244. The Morgan fingerprint density at radius 3 is 2.70 bits per heavy atom. The van der Waals surface area contributed by atoms with Crippen molar-refractivity contribution in [3.63, 3.8) is 0 Å². The van der Waals surface area contributed by atoms with E-state index in [1.807, 2.05) is 6.92 Å². The van der Waals surface area contributed by atoms with Crippen LogP contribution in [0, 0.1) is 5.92 Å². The highest BCUT2D eigenvalue weighted by Gasteiger charge is 2.25. The first-order valence-electron chi connectivity index (χ1n) is 7.79. The van der Waals surface area contributed by atoms with E-state index in [9.17, 15) is 4.79 Å². The molecule has 1 amide bonds. The minimum absolute atomic E-state index is 0.132. The Hall–Kier alpha value is -1.52. The molecule has 0 aromatic carbocycles. The van der Waals surface area contributed by atoms with Crippen LogP contribution >= 0.6 is 0 Å². The third-order valence-electron chi connectivity index (χ3n) is 4.30. The van der Waals surface area contributed by atoms with E-state index < -0.39 is 0 Å². The van der Waals surface area contributed by atoms with E-state index in [2.05, 4.69) is 17.3 Å². The van der Waals surface area contributed by atoms with Gasteiger partial charge in [0.05, 0.1) is 5.69 Å². The standard InChI is InChI=1S/C15H26N4O/c1-3-13(11-8-6-5-7-9-11)17-15(20)14-12(16)10-19(4-2)18-14/h10-11,13H,3-9,16H2,1-2H3,(H,17,20). The number of rotatable bonds is 5. The Bertz CT molecular complexity index is 449. The number of hydrogen-bond acceptors (Lipinski definition) is 3. The van der Waals surface area contributed by atoms with E-state index in [0.29, 0.717) is 17.3 Å². The summed E-state index contributed by atoms with van der Waals surface area (Å²) in [6.45, 7) is 4.83. The van der Waals surface area contributed by atoms with Gasteiger partial charge < -0.3 is 11.1 Å². The number of aryl methyl sites for hydroxylation is 1. The maximum Gasteiger partial charge on any atom is 0.274 e. The second-order valence-corrected chi connectivity index (χ2v) is 5.68. The number of carbonyl (C=O) groups is 1. The molecule has 112 valence electrons. The molecule has 1 aliphatic carbocycles. The van der Waals surface area contributed by atoms with Crippen LogP contribution in [0.5, 0.6) is 0 Å². The zero-order chi connectivity index (χ0) is 14.5. The fraction of sp³-hybridized carbons (Fsp3) is 0.733. The van der Waals surface area contributed by atoms with Crippen LogP contribution in [-0.2, 0) is 6.54 Å². The van der Waals surface area contributed by atoms with Gasteiger partial charge in [0.1, 0.15) is 0 Å². The van der Waals surface area contributed by atoms with Gasteiger partial charge in [-0.25, -0.2) is 0 Å². The molecular formula is C15H26N4O. The lowest BCUT2D eigenvalue weighted by Gasteiger charge is -2.30. The van der Waals surface area contributed by atoms with Gasteiger partial charge in [-0.05, 0) is 32.1 Å². The number of nitrogen functional groups attached to an aromatic ring is 1. The fourth-order valence-corrected chi connectivity index (χ4v) is 3.10. The number of anilines is 1. The first kappa shape index (κ1) is 14.9. The molecule has 1 aromatic heterocycles. The Balaban J connectivity index is 2.02. The fourth-order valence-electron chi connectivity index (χ4n) is 3.10. The van der Waals surface area contributed by atoms with Gasteiger partial charge in [0.15, 0.2) is 5.69 Å². The Morgan fingerprint density at radius 1 is 1.45 bits per heavy atom. The quantitative estimate of drug-likeness (QED) is 0.869. The number of amides is 1. The van der Waals surface area contributed by atoms with E-state index in [4.69, 9.17) is 5.73 Å². The Labute approximate surface area is 120 Å². The topological polar surface area (TPSA) is 72.9 Å². The average molecular weight is 278 g/mol. The zero-order valence-corrected chi connectivity index (χ0v) is 12.6. The maximum atomic E-state index is 12.3. The predicted molar refractivity (Wildman–Crippen MR) is 80.4 cm³/mol. The highest BCUT2D eigenvalue weighted by atomic mass is 16.2. The van der Waals surface area contributed by atoms with Gasteiger partial charge in [-0.1, -0.05) is 26.2 Å². The smallest absolute Gasteiger partial charge is 0.274 e. The molecule has 5 heteroatoms. The van der Waals surface area contributed by atoms with Crippen molar-refractivity contribution in [2.24, 2.45) is 5.92 Å².